The summed E-state index contributed by atoms with van der Waals surface area (Å²) in [6.07, 6.45) is 8.55. The van der Waals surface area contributed by atoms with Crippen molar-refractivity contribution in [1.29, 1.82) is 0 Å². The standard InChI is InChI=1S/C22H34N4O2/c1-2-3-5-13-24-21(27)18-8-10-19(11-9-18)22(28)26-16-14-25(15-17-26)20-7-4-6-12-23-20/h4,6-7,12,18-19H,2-3,5,8-11,13-17H2,1H3,(H,24,27). The van der Waals surface area contributed by atoms with Gasteiger partial charge in [-0.05, 0) is 44.2 Å². The first-order valence-corrected chi connectivity index (χ1v) is 10.9. The summed E-state index contributed by atoms with van der Waals surface area (Å²) in [5, 5.41) is 3.07. The van der Waals surface area contributed by atoms with E-state index in [0.29, 0.717) is 0 Å². The van der Waals surface area contributed by atoms with Gasteiger partial charge < -0.3 is 15.1 Å². The highest BCUT2D eigenvalue weighted by Gasteiger charge is 2.33. The molecule has 0 bridgehead atoms. The van der Waals surface area contributed by atoms with Crippen LogP contribution in [-0.4, -0.2) is 54.4 Å². The summed E-state index contributed by atoms with van der Waals surface area (Å²) in [5.74, 6) is 1.63. The Hall–Kier alpha value is -2.11. The fourth-order valence-corrected chi connectivity index (χ4v) is 4.29. The smallest absolute Gasteiger partial charge is 0.225 e. The van der Waals surface area contributed by atoms with Crippen molar-refractivity contribution in [2.75, 3.05) is 37.6 Å². The maximum absolute atomic E-state index is 12.9. The van der Waals surface area contributed by atoms with E-state index in [1.807, 2.05) is 29.3 Å². The highest BCUT2D eigenvalue weighted by molar-refractivity contribution is 5.81. The van der Waals surface area contributed by atoms with Crippen molar-refractivity contribution in [3.8, 4) is 0 Å². The maximum Gasteiger partial charge on any atom is 0.225 e. The van der Waals surface area contributed by atoms with Crippen LogP contribution in [0.4, 0.5) is 5.82 Å². The Labute approximate surface area is 168 Å². The Balaban J connectivity index is 1.39. The lowest BCUT2D eigenvalue weighted by molar-refractivity contribution is -0.138. The zero-order valence-electron chi connectivity index (χ0n) is 17.1. The molecule has 1 aromatic heterocycles. The third-order valence-electron chi connectivity index (χ3n) is 6.09. The molecule has 0 atom stereocenters. The molecular weight excluding hydrogens is 352 g/mol. The van der Waals surface area contributed by atoms with Gasteiger partial charge in [0.1, 0.15) is 5.82 Å². The van der Waals surface area contributed by atoms with E-state index >= 15 is 0 Å². The van der Waals surface area contributed by atoms with Crippen molar-refractivity contribution < 1.29 is 9.59 Å². The molecule has 1 saturated heterocycles. The number of anilines is 1. The van der Waals surface area contributed by atoms with Crippen LogP contribution in [0.15, 0.2) is 24.4 Å². The summed E-state index contributed by atoms with van der Waals surface area (Å²) in [4.78, 5) is 33.9. The van der Waals surface area contributed by atoms with Gasteiger partial charge in [0.2, 0.25) is 11.8 Å². The minimum absolute atomic E-state index is 0.0885. The molecule has 2 fully saturated rings. The molecule has 2 heterocycles. The van der Waals surface area contributed by atoms with E-state index in [4.69, 9.17) is 0 Å². The predicted octanol–water partition coefficient (Wildman–Crippen LogP) is 2.84. The largest absolute Gasteiger partial charge is 0.356 e. The summed E-state index contributed by atoms with van der Waals surface area (Å²) in [5.41, 5.74) is 0. The van der Waals surface area contributed by atoms with Gasteiger partial charge in [-0.3, -0.25) is 9.59 Å². The molecule has 28 heavy (non-hydrogen) atoms. The number of pyridine rings is 1. The fourth-order valence-electron chi connectivity index (χ4n) is 4.29. The third kappa shape index (κ3) is 5.46. The van der Waals surface area contributed by atoms with Crippen molar-refractivity contribution >= 4 is 17.6 Å². The number of amides is 2. The van der Waals surface area contributed by atoms with Gasteiger partial charge in [-0.25, -0.2) is 4.98 Å². The van der Waals surface area contributed by atoms with Crippen molar-refractivity contribution in [2.24, 2.45) is 11.8 Å². The summed E-state index contributed by atoms with van der Waals surface area (Å²) in [7, 11) is 0. The quantitative estimate of drug-likeness (QED) is 0.732. The second kappa shape index (κ2) is 10.4. The van der Waals surface area contributed by atoms with Crippen LogP contribution >= 0.6 is 0 Å². The molecule has 1 aliphatic heterocycles. The average Bonchev–Trinajstić information content (AvgIpc) is 2.77. The monoisotopic (exact) mass is 386 g/mol. The SMILES string of the molecule is CCCCCNC(=O)C1CCC(C(=O)N2CCN(c3ccccn3)CC2)CC1. The van der Waals surface area contributed by atoms with Crippen LogP contribution in [0.3, 0.4) is 0 Å². The van der Waals surface area contributed by atoms with Gasteiger partial charge in [-0.1, -0.05) is 25.8 Å². The molecule has 6 heteroatoms. The number of hydrogen-bond donors (Lipinski definition) is 1. The molecular formula is C22H34N4O2. The number of carbonyl (C=O) groups is 2. The van der Waals surface area contributed by atoms with Crippen LogP contribution in [0, 0.1) is 11.8 Å². The summed E-state index contributed by atoms with van der Waals surface area (Å²) < 4.78 is 0. The van der Waals surface area contributed by atoms with Gasteiger partial charge in [0.25, 0.3) is 0 Å². The molecule has 6 nitrogen and oxygen atoms in total. The number of hydrogen-bond acceptors (Lipinski definition) is 4. The van der Waals surface area contributed by atoms with Gasteiger partial charge in [0.05, 0.1) is 0 Å². The third-order valence-corrected chi connectivity index (χ3v) is 6.09. The number of piperazine rings is 1. The number of carbonyl (C=O) groups excluding carboxylic acids is 2. The lowest BCUT2D eigenvalue weighted by Gasteiger charge is -2.38. The highest BCUT2D eigenvalue weighted by Crippen LogP contribution is 2.30. The Kier molecular flexibility index (Phi) is 7.69. The molecule has 2 aliphatic rings. The first-order chi connectivity index (χ1) is 13.7. The van der Waals surface area contributed by atoms with Gasteiger partial charge in [-0.15, -0.1) is 0 Å². The zero-order chi connectivity index (χ0) is 19.8. The highest BCUT2D eigenvalue weighted by atomic mass is 16.2. The maximum atomic E-state index is 12.9. The molecule has 1 aliphatic carbocycles. The number of unbranched alkanes of at least 4 members (excludes halogenated alkanes) is 2. The van der Waals surface area contributed by atoms with E-state index in [1.165, 1.54) is 6.42 Å². The van der Waals surface area contributed by atoms with Gasteiger partial charge in [-0.2, -0.15) is 0 Å². The van der Waals surface area contributed by atoms with E-state index in [2.05, 4.69) is 22.1 Å². The van der Waals surface area contributed by atoms with Crippen molar-refractivity contribution in [3.05, 3.63) is 24.4 Å². The van der Waals surface area contributed by atoms with Crippen LogP contribution in [0.2, 0.25) is 0 Å². The minimum atomic E-state index is 0.0885. The molecule has 1 aromatic rings. The van der Waals surface area contributed by atoms with Gasteiger partial charge in [0.15, 0.2) is 0 Å². The predicted molar refractivity (Wildman–Crippen MR) is 111 cm³/mol. The molecule has 0 unspecified atom stereocenters. The van der Waals surface area contributed by atoms with Crippen LogP contribution in [0.5, 0.6) is 0 Å². The van der Waals surface area contributed by atoms with Crippen molar-refractivity contribution in [3.63, 3.8) is 0 Å². The van der Waals surface area contributed by atoms with E-state index in [1.54, 1.807) is 0 Å². The Morgan fingerprint density at radius 3 is 2.39 bits per heavy atom. The summed E-state index contributed by atoms with van der Waals surface area (Å²) in [6, 6.07) is 5.94. The topological polar surface area (TPSA) is 65.5 Å². The van der Waals surface area contributed by atoms with Crippen LogP contribution < -0.4 is 10.2 Å². The first-order valence-electron chi connectivity index (χ1n) is 10.9. The van der Waals surface area contributed by atoms with E-state index in [9.17, 15) is 9.59 Å². The second-order valence-electron chi connectivity index (χ2n) is 8.05. The Bertz CT molecular complexity index is 621. The molecule has 1 N–H and O–H groups in total. The zero-order valence-corrected chi connectivity index (χ0v) is 17.1. The Morgan fingerprint density at radius 2 is 1.75 bits per heavy atom. The van der Waals surface area contributed by atoms with Crippen LogP contribution in [0.1, 0.15) is 51.9 Å². The molecule has 1 saturated carbocycles. The Morgan fingerprint density at radius 1 is 1.04 bits per heavy atom. The van der Waals surface area contributed by atoms with E-state index in [0.717, 1.165) is 77.1 Å². The number of rotatable bonds is 7. The number of nitrogens with one attached hydrogen (secondary N) is 1. The first kappa shape index (κ1) is 20.6. The molecule has 0 radical (unpaired) electrons. The van der Waals surface area contributed by atoms with Gasteiger partial charge >= 0.3 is 0 Å². The molecule has 0 aromatic carbocycles. The van der Waals surface area contributed by atoms with Crippen LogP contribution in [0.25, 0.3) is 0 Å². The normalized spacial score (nSPS) is 22.8. The van der Waals surface area contributed by atoms with Crippen LogP contribution in [-0.2, 0) is 9.59 Å². The van der Waals surface area contributed by atoms with Crippen molar-refractivity contribution in [1.82, 2.24) is 15.2 Å². The summed E-state index contributed by atoms with van der Waals surface area (Å²) in [6.45, 7) is 6.13. The molecule has 0 spiro atoms. The number of nitrogens with zero attached hydrogens (tertiary/aromatic N) is 3. The fraction of sp³-hybridized carbons (Fsp3) is 0.682. The molecule has 3 rings (SSSR count). The van der Waals surface area contributed by atoms with E-state index < -0.39 is 0 Å². The summed E-state index contributed by atoms with van der Waals surface area (Å²) >= 11 is 0. The lowest BCUT2D eigenvalue weighted by atomic mass is 9.81. The molecule has 2 amide bonds. The molecule has 154 valence electrons. The number of aromatic nitrogens is 1. The van der Waals surface area contributed by atoms with Gasteiger partial charge in [0, 0.05) is 50.8 Å². The van der Waals surface area contributed by atoms with E-state index in [-0.39, 0.29) is 23.7 Å². The lowest BCUT2D eigenvalue weighted by Crippen LogP contribution is -2.51. The van der Waals surface area contributed by atoms with Crippen molar-refractivity contribution in [2.45, 2.75) is 51.9 Å². The average molecular weight is 387 g/mol. The minimum Gasteiger partial charge on any atom is -0.356 e. The second-order valence-corrected chi connectivity index (χ2v) is 8.05.